The SMILES string of the molecule is O=c1cc(-c2n[nH]c(=S)o2)c2ccccc2[nH]1. The van der Waals surface area contributed by atoms with Gasteiger partial charge in [-0.15, -0.1) is 5.10 Å². The summed E-state index contributed by atoms with van der Waals surface area (Å²) in [6.45, 7) is 0. The Balaban J connectivity index is 2.43. The normalized spacial score (nSPS) is 10.8. The summed E-state index contributed by atoms with van der Waals surface area (Å²) in [5.41, 5.74) is 1.15. The van der Waals surface area contributed by atoms with Gasteiger partial charge in [0, 0.05) is 17.0 Å². The van der Waals surface area contributed by atoms with Crippen molar-refractivity contribution in [3.05, 3.63) is 45.5 Å². The smallest absolute Gasteiger partial charge is 0.284 e. The molecule has 0 unspecified atom stereocenters. The number of H-pyrrole nitrogens is 2. The first-order chi connectivity index (χ1) is 8.24. The number of nitrogens with zero attached hydrogens (tertiary/aromatic N) is 1. The van der Waals surface area contributed by atoms with Gasteiger partial charge in [0.25, 0.3) is 4.84 Å². The van der Waals surface area contributed by atoms with E-state index in [1.807, 2.05) is 24.3 Å². The van der Waals surface area contributed by atoms with Crippen LogP contribution < -0.4 is 5.56 Å². The Labute approximate surface area is 100 Å². The molecule has 0 radical (unpaired) electrons. The van der Waals surface area contributed by atoms with E-state index in [-0.39, 0.29) is 10.4 Å². The number of rotatable bonds is 1. The molecule has 0 aliphatic rings. The molecule has 3 rings (SSSR count). The third-order valence-electron chi connectivity index (χ3n) is 2.42. The van der Waals surface area contributed by atoms with Gasteiger partial charge in [-0.2, -0.15) is 0 Å². The standard InChI is InChI=1S/C11H7N3O2S/c15-9-5-7(10-13-14-11(17)16-10)6-3-1-2-4-8(6)12-9/h1-5H,(H,12,15)(H,14,17). The maximum Gasteiger partial charge on any atom is 0.284 e. The molecule has 3 aromatic rings. The lowest BCUT2D eigenvalue weighted by Crippen LogP contribution is -2.04. The molecular formula is C11H7N3O2S. The maximum absolute atomic E-state index is 11.5. The summed E-state index contributed by atoms with van der Waals surface area (Å²) in [6, 6.07) is 8.87. The van der Waals surface area contributed by atoms with Gasteiger partial charge in [-0.25, -0.2) is 5.10 Å². The monoisotopic (exact) mass is 245 g/mol. The second kappa shape index (κ2) is 3.67. The van der Waals surface area contributed by atoms with Crippen LogP contribution in [0.1, 0.15) is 0 Å². The van der Waals surface area contributed by atoms with Gasteiger partial charge in [-0.3, -0.25) is 4.79 Å². The molecule has 0 amide bonds. The van der Waals surface area contributed by atoms with Crippen molar-refractivity contribution in [1.82, 2.24) is 15.2 Å². The highest BCUT2D eigenvalue weighted by Crippen LogP contribution is 2.23. The van der Waals surface area contributed by atoms with Crippen LogP contribution in [0, 0.1) is 4.84 Å². The van der Waals surface area contributed by atoms with Gasteiger partial charge in [0.2, 0.25) is 11.4 Å². The molecule has 2 aromatic heterocycles. The maximum atomic E-state index is 11.5. The van der Waals surface area contributed by atoms with Crippen LogP contribution in [0.25, 0.3) is 22.4 Å². The van der Waals surface area contributed by atoms with Crippen molar-refractivity contribution < 1.29 is 4.42 Å². The summed E-state index contributed by atoms with van der Waals surface area (Å²) in [4.78, 5) is 14.5. The third-order valence-corrected chi connectivity index (χ3v) is 2.59. The molecular weight excluding hydrogens is 238 g/mol. The van der Waals surface area contributed by atoms with E-state index in [9.17, 15) is 4.79 Å². The molecule has 17 heavy (non-hydrogen) atoms. The second-order valence-corrected chi connectivity index (χ2v) is 3.88. The van der Waals surface area contributed by atoms with Crippen LogP contribution >= 0.6 is 12.2 Å². The summed E-state index contributed by atoms with van der Waals surface area (Å²) in [5, 5.41) is 7.32. The predicted molar refractivity (Wildman–Crippen MR) is 65.3 cm³/mol. The number of hydrogen-bond donors (Lipinski definition) is 2. The van der Waals surface area contributed by atoms with Crippen LogP contribution in [0.2, 0.25) is 0 Å². The van der Waals surface area contributed by atoms with Gasteiger partial charge in [-0.05, 0) is 18.3 Å². The Kier molecular flexibility index (Phi) is 2.15. The van der Waals surface area contributed by atoms with Crippen LogP contribution in [0.5, 0.6) is 0 Å². The first kappa shape index (κ1) is 9.98. The Bertz CT molecular complexity index is 800. The van der Waals surface area contributed by atoms with Crippen LogP contribution in [-0.4, -0.2) is 15.2 Å². The molecule has 0 atom stereocenters. The summed E-state index contributed by atoms with van der Waals surface area (Å²) < 4.78 is 5.23. The molecule has 84 valence electrons. The largest absolute Gasteiger partial charge is 0.409 e. The fourth-order valence-electron chi connectivity index (χ4n) is 1.73. The highest BCUT2D eigenvalue weighted by Gasteiger charge is 2.09. The molecule has 5 nitrogen and oxygen atoms in total. The number of aromatic amines is 2. The third kappa shape index (κ3) is 1.68. The van der Waals surface area contributed by atoms with Crippen LogP contribution in [0.3, 0.4) is 0 Å². The molecule has 2 heterocycles. The minimum atomic E-state index is -0.206. The van der Waals surface area contributed by atoms with Crippen LogP contribution in [0.4, 0.5) is 0 Å². The highest BCUT2D eigenvalue weighted by molar-refractivity contribution is 7.71. The van der Waals surface area contributed by atoms with Gasteiger partial charge in [0.15, 0.2) is 0 Å². The summed E-state index contributed by atoms with van der Waals surface area (Å²) in [7, 11) is 0. The van der Waals surface area contributed by atoms with E-state index in [2.05, 4.69) is 15.2 Å². The van der Waals surface area contributed by atoms with Gasteiger partial charge in [0.1, 0.15) is 0 Å². The Morgan fingerprint density at radius 2 is 2.12 bits per heavy atom. The molecule has 0 saturated heterocycles. The Morgan fingerprint density at radius 3 is 2.88 bits per heavy atom. The van der Waals surface area contributed by atoms with Gasteiger partial charge < -0.3 is 9.40 Å². The number of benzene rings is 1. The molecule has 0 bridgehead atoms. The van der Waals surface area contributed by atoms with Crippen molar-refractivity contribution in [3.8, 4) is 11.5 Å². The van der Waals surface area contributed by atoms with Crippen molar-refractivity contribution >= 4 is 23.1 Å². The average Bonchev–Trinajstić information content (AvgIpc) is 2.74. The molecule has 1 aromatic carbocycles. The minimum absolute atomic E-state index is 0.185. The van der Waals surface area contributed by atoms with E-state index < -0.39 is 0 Å². The zero-order valence-electron chi connectivity index (χ0n) is 8.56. The van der Waals surface area contributed by atoms with E-state index in [1.165, 1.54) is 6.07 Å². The summed E-state index contributed by atoms with van der Waals surface area (Å²) in [5.74, 6) is 0.317. The zero-order chi connectivity index (χ0) is 11.8. The lowest BCUT2D eigenvalue weighted by Gasteiger charge is -2.01. The first-order valence-corrected chi connectivity index (χ1v) is 5.33. The summed E-state index contributed by atoms with van der Waals surface area (Å²) in [6.07, 6.45) is 0. The lowest BCUT2D eigenvalue weighted by molar-refractivity contribution is 0.552. The Morgan fingerprint density at radius 1 is 1.29 bits per heavy atom. The predicted octanol–water partition coefficient (Wildman–Crippen LogP) is 2.24. The van der Waals surface area contributed by atoms with Crippen molar-refractivity contribution in [1.29, 1.82) is 0 Å². The van der Waals surface area contributed by atoms with Gasteiger partial charge >= 0.3 is 0 Å². The number of hydrogen-bond acceptors (Lipinski definition) is 4. The number of nitrogens with one attached hydrogen (secondary N) is 2. The minimum Gasteiger partial charge on any atom is -0.409 e. The summed E-state index contributed by atoms with van der Waals surface area (Å²) >= 11 is 4.82. The molecule has 0 fully saturated rings. The fraction of sp³-hybridized carbons (Fsp3) is 0. The number of fused-ring (bicyclic) bond motifs is 1. The van der Waals surface area contributed by atoms with Crippen molar-refractivity contribution in [2.75, 3.05) is 0 Å². The molecule has 6 heteroatoms. The van der Waals surface area contributed by atoms with E-state index in [4.69, 9.17) is 16.6 Å². The molecule has 0 saturated carbocycles. The van der Waals surface area contributed by atoms with Crippen molar-refractivity contribution in [2.45, 2.75) is 0 Å². The highest BCUT2D eigenvalue weighted by atomic mass is 32.1. The Hall–Kier alpha value is -2.21. The first-order valence-electron chi connectivity index (χ1n) is 4.92. The van der Waals surface area contributed by atoms with E-state index in [0.717, 1.165) is 10.9 Å². The van der Waals surface area contributed by atoms with Gasteiger partial charge in [0.05, 0.1) is 5.56 Å². The molecule has 0 spiro atoms. The molecule has 2 N–H and O–H groups in total. The van der Waals surface area contributed by atoms with E-state index in [1.54, 1.807) is 0 Å². The molecule has 0 aliphatic carbocycles. The van der Waals surface area contributed by atoms with Crippen LogP contribution in [0.15, 0.2) is 39.5 Å². The van der Waals surface area contributed by atoms with Crippen molar-refractivity contribution in [3.63, 3.8) is 0 Å². The number of aromatic nitrogens is 3. The topological polar surface area (TPSA) is 74.7 Å². The fourth-order valence-corrected chi connectivity index (χ4v) is 1.85. The zero-order valence-corrected chi connectivity index (χ0v) is 9.38. The quantitative estimate of drug-likeness (QED) is 0.645. The second-order valence-electron chi connectivity index (χ2n) is 3.51. The van der Waals surface area contributed by atoms with Crippen LogP contribution in [-0.2, 0) is 0 Å². The van der Waals surface area contributed by atoms with E-state index in [0.29, 0.717) is 11.5 Å². The average molecular weight is 245 g/mol. The number of pyridine rings is 1. The van der Waals surface area contributed by atoms with Crippen molar-refractivity contribution in [2.24, 2.45) is 0 Å². The van der Waals surface area contributed by atoms with E-state index >= 15 is 0 Å². The molecule has 0 aliphatic heterocycles. The lowest BCUT2D eigenvalue weighted by atomic mass is 10.1. The number of para-hydroxylation sites is 1. The van der Waals surface area contributed by atoms with Gasteiger partial charge in [-0.1, -0.05) is 18.2 Å².